The topological polar surface area (TPSA) is 130 Å². The lowest BCUT2D eigenvalue weighted by Gasteiger charge is -2.41. The number of rotatable bonds is 13. The van der Waals surface area contributed by atoms with Gasteiger partial charge in [0.25, 0.3) is 0 Å². The van der Waals surface area contributed by atoms with Crippen LogP contribution in [-0.4, -0.2) is 88.1 Å². The highest BCUT2D eigenvalue weighted by Crippen LogP contribution is 2.63. The zero-order valence-corrected chi connectivity index (χ0v) is 18.2. The molecule has 0 fully saturated rings. The molecular weight excluding hydrogens is 605 g/mol. The minimum Gasteiger partial charge on any atom is -0.480 e. The molecule has 7 nitrogen and oxygen atoms in total. The van der Waals surface area contributed by atoms with Crippen molar-refractivity contribution in [2.24, 2.45) is 5.73 Å². The molecule has 0 heterocycles. The molecule has 0 radical (unpaired) electrons. The number of aliphatic carboxylic acids is 2. The Morgan fingerprint density at radius 2 is 1.13 bits per heavy atom. The molecule has 0 rings (SSSR count). The van der Waals surface area contributed by atoms with Crippen molar-refractivity contribution in [1.82, 2.24) is 5.32 Å². The van der Waals surface area contributed by atoms with Crippen molar-refractivity contribution in [1.29, 1.82) is 0 Å². The average Bonchev–Trinajstić information content (AvgIpc) is 2.72. The number of allylic oxidation sites excluding steroid dienone is 1. The normalized spacial score (nSPS) is 15.7. The first-order valence-corrected chi connectivity index (χ1v) is 9.69. The molecule has 0 aromatic heterocycles. The highest BCUT2D eigenvalue weighted by atomic mass is 32.2. The second kappa shape index (κ2) is 10.9. The van der Waals surface area contributed by atoms with E-state index in [-0.39, 0.29) is 0 Å². The molecule has 0 bridgehead atoms. The first-order chi connectivity index (χ1) is 16.5. The van der Waals surface area contributed by atoms with E-state index in [0.717, 1.165) is 0 Å². The van der Waals surface area contributed by atoms with Crippen LogP contribution in [0, 0.1) is 0 Å². The average molecular weight is 616 g/mol. The fraction of sp³-hybridized carbons (Fsp3) is 0.667. The molecule has 1 unspecified atom stereocenters. The summed E-state index contributed by atoms with van der Waals surface area (Å²) in [6.07, 6.45) is -8.88. The third-order valence-electron chi connectivity index (χ3n) is 4.06. The van der Waals surface area contributed by atoms with Gasteiger partial charge in [0, 0.05) is 11.8 Å². The van der Waals surface area contributed by atoms with Gasteiger partial charge in [-0.3, -0.25) is 9.59 Å². The number of halogens is 15. The summed E-state index contributed by atoms with van der Waals surface area (Å²) in [5.41, 5.74) is 5.05. The number of hydrogen-bond donors (Lipinski definition) is 4. The van der Waals surface area contributed by atoms with Crippen LogP contribution in [-0.2, 0) is 14.4 Å². The maximum atomic E-state index is 14.3. The van der Waals surface area contributed by atoms with E-state index < -0.39 is 101 Å². The number of carboxylic acids is 2. The van der Waals surface area contributed by atoms with Crippen LogP contribution in [0.1, 0.15) is 0 Å². The van der Waals surface area contributed by atoms with Gasteiger partial charge in [0.2, 0.25) is 5.91 Å². The monoisotopic (exact) mass is 616 g/mol. The second-order valence-corrected chi connectivity index (χ2v) is 7.88. The lowest BCUT2D eigenvalue weighted by atomic mass is 9.91. The molecule has 0 aromatic rings. The summed E-state index contributed by atoms with van der Waals surface area (Å²) in [5, 5.41) is 18.3. The molecule has 1 amide bonds. The van der Waals surface area contributed by atoms with E-state index in [1.807, 2.05) is 0 Å². The lowest BCUT2D eigenvalue weighted by Crippen LogP contribution is -2.72. The molecule has 222 valence electrons. The molecule has 5 N–H and O–H groups in total. The molecule has 0 aliphatic rings. The van der Waals surface area contributed by atoms with Crippen LogP contribution in [0.15, 0.2) is 11.0 Å². The molecule has 1 atom stereocenters. The van der Waals surface area contributed by atoms with Gasteiger partial charge in [0.1, 0.15) is 6.54 Å². The maximum absolute atomic E-state index is 14.3. The zero-order valence-electron chi connectivity index (χ0n) is 17.3. The van der Waals surface area contributed by atoms with Crippen LogP contribution >= 0.6 is 11.8 Å². The van der Waals surface area contributed by atoms with Gasteiger partial charge in [-0.05, 0) is 0 Å². The molecule has 0 aromatic carbocycles. The summed E-state index contributed by atoms with van der Waals surface area (Å²) in [7, 11) is 0. The van der Waals surface area contributed by atoms with Crippen molar-refractivity contribution in [2.75, 3.05) is 12.3 Å². The number of thioether (sulfide) groups is 1. The van der Waals surface area contributed by atoms with Gasteiger partial charge in [0.15, 0.2) is 0 Å². The van der Waals surface area contributed by atoms with E-state index in [1.54, 1.807) is 0 Å². The number of alkyl halides is 15. The molecule has 0 aliphatic carbocycles. The Labute approximate surface area is 203 Å². The number of nitrogens with one attached hydrogen (secondary N) is 1. The fourth-order valence-corrected chi connectivity index (χ4v) is 3.01. The van der Waals surface area contributed by atoms with E-state index >= 15 is 0 Å². The summed E-state index contributed by atoms with van der Waals surface area (Å²) >= 11 is -1.08. The van der Waals surface area contributed by atoms with Crippen LogP contribution in [0.2, 0.25) is 0 Å². The highest BCUT2D eigenvalue weighted by Gasteiger charge is 2.93. The van der Waals surface area contributed by atoms with E-state index in [9.17, 15) is 80.2 Å². The van der Waals surface area contributed by atoms with Gasteiger partial charge < -0.3 is 21.3 Å². The van der Waals surface area contributed by atoms with Gasteiger partial charge in [-0.15, -0.1) is 11.8 Å². The Morgan fingerprint density at radius 3 is 1.50 bits per heavy atom. The zero-order chi connectivity index (χ0) is 30.9. The predicted molar refractivity (Wildman–Crippen MR) is 92.5 cm³/mol. The number of amides is 1. The second-order valence-electron chi connectivity index (χ2n) is 6.82. The lowest BCUT2D eigenvalue weighted by molar-refractivity contribution is -0.449. The molecule has 23 heteroatoms. The van der Waals surface area contributed by atoms with E-state index in [2.05, 4.69) is 0 Å². The van der Waals surface area contributed by atoms with Crippen molar-refractivity contribution in [3.05, 3.63) is 11.0 Å². The summed E-state index contributed by atoms with van der Waals surface area (Å²) in [5.74, 6) is -56.3. The predicted octanol–water partition coefficient (Wildman–Crippen LogP) is 3.59. The molecule has 0 saturated carbocycles. The van der Waals surface area contributed by atoms with E-state index in [0.29, 0.717) is 0 Å². The Kier molecular flexibility index (Phi) is 10.1. The van der Waals surface area contributed by atoms with Gasteiger partial charge in [-0.2, -0.15) is 65.9 Å². The van der Waals surface area contributed by atoms with Crippen molar-refractivity contribution >= 4 is 29.6 Å². The number of nitrogens with two attached hydrogens (primary N) is 1. The fourth-order valence-electron chi connectivity index (χ4n) is 2.01. The minimum absolute atomic E-state index is 1.08. The third kappa shape index (κ3) is 6.17. The van der Waals surface area contributed by atoms with Gasteiger partial charge in [-0.1, -0.05) is 0 Å². The number of carbonyl (C=O) groups is 3. The quantitative estimate of drug-likeness (QED) is 0.184. The molecule has 38 heavy (non-hydrogen) atoms. The van der Waals surface area contributed by atoms with Crippen LogP contribution in [0.4, 0.5) is 65.9 Å². The largest absolute Gasteiger partial charge is 0.480 e. The first-order valence-electron chi connectivity index (χ1n) is 8.70. The van der Waals surface area contributed by atoms with Gasteiger partial charge in [0.05, 0.1) is 10.9 Å². The summed E-state index contributed by atoms with van der Waals surface area (Å²) < 4.78 is 200. The minimum atomic E-state index is -8.57. The smallest absolute Gasteiger partial charge is 0.460 e. The van der Waals surface area contributed by atoms with Crippen LogP contribution < -0.4 is 11.1 Å². The van der Waals surface area contributed by atoms with Gasteiger partial charge >= 0.3 is 53.7 Å². The molecular formula is C15H11F15N2O5S. The Balaban J connectivity index is 6.55. The van der Waals surface area contributed by atoms with Crippen LogP contribution in [0.5, 0.6) is 0 Å². The summed E-state index contributed by atoms with van der Waals surface area (Å²) in [6, 6.07) is -2.24. The summed E-state index contributed by atoms with van der Waals surface area (Å²) in [6.45, 7) is -1.18. The van der Waals surface area contributed by atoms with Gasteiger partial charge in [-0.25, -0.2) is 4.79 Å². The first kappa shape index (κ1) is 35.4. The molecule has 0 aliphatic heterocycles. The number of carboxylic acid groups (broad SMARTS) is 2. The van der Waals surface area contributed by atoms with Crippen molar-refractivity contribution in [3.8, 4) is 0 Å². The third-order valence-corrected chi connectivity index (χ3v) is 5.27. The SMILES string of the molecule is NC(CS/C(=C/C(=O)O)C(F)(F)C(F)(F)C(F)(F)C(F)(F)C(F)(F)C(F)(F)C(F)(F)F)C(=O)NCC(=O)O. The highest BCUT2D eigenvalue weighted by molar-refractivity contribution is 8.03. The maximum Gasteiger partial charge on any atom is 0.460 e. The van der Waals surface area contributed by atoms with Crippen molar-refractivity contribution in [3.63, 3.8) is 0 Å². The number of hydrogen-bond acceptors (Lipinski definition) is 5. The molecule has 0 saturated heterocycles. The number of carbonyl (C=O) groups excluding carboxylic acids is 1. The Bertz CT molecular complexity index is 951. The molecule has 0 spiro atoms. The standard InChI is InChI=1S/C15H11F15N2O5S/c16-9(17,5(1-6(33)34)38-3-4(31)8(37)32-2-7(35)36)10(18,19)11(20,21)12(22,23)13(24,25)14(26,27)15(28,29)30/h1,4H,2-3,31H2,(H,32,37)(H,33,34)(H,35,36)/b5-1+. The van der Waals surface area contributed by atoms with E-state index in [4.69, 9.17) is 15.9 Å². The van der Waals surface area contributed by atoms with Crippen molar-refractivity contribution in [2.45, 2.75) is 47.8 Å². The van der Waals surface area contributed by atoms with Crippen LogP contribution in [0.25, 0.3) is 0 Å². The Hall–Kier alpha value is -2.59. The van der Waals surface area contributed by atoms with Crippen LogP contribution in [0.3, 0.4) is 0 Å². The van der Waals surface area contributed by atoms with E-state index in [1.165, 1.54) is 5.32 Å². The Morgan fingerprint density at radius 1 is 0.737 bits per heavy atom. The summed E-state index contributed by atoms with van der Waals surface area (Å²) in [4.78, 5) is 29.5. The van der Waals surface area contributed by atoms with Crippen molar-refractivity contribution < 1.29 is 90.5 Å².